The highest BCUT2D eigenvalue weighted by atomic mass is 31.1. The molecule has 0 atom stereocenters. The predicted molar refractivity (Wildman–Crippen MR) is 163 cm³/mol. The summed E-state index contributed by atoms with van der Waals surface area (Å²) < 4.78 is 0. The van der Waals surface area contributed by atoms with Crippen molar-refractivity contribution in [2.75, 3.05) is 0 Å². The molecule has 0 fully saturated rings. The highest BCUT2D eigenvalue weighted by Crippen LogP contribution is 2.14. The summed E-state index contributed by atoms with van der Waals surface area (Å²) in [5.74, 6) is 6.62. The van der Waals surface area contributed by atoms with E-state index in [0.717, 1.165) is 21.4 Å². The van der Waals surface area contributed by atoms with Gasteiger partial charge in [0, 0.05) is 12.8 Å². The van der Waals surface area contributed by atoms with Crippen LogP contribution in [0.1, 0.15) is 194 Å². The molecule has 0 spiro atoms. The maximum atomic E-state index is 3.31. The summed E-state index contributed by atoms with van der Waals surface area (Å²) in [6, 6.07) is 0. The van der Waals surface area contributed by atoms with Crippen LogP contribution in [0.25, 0.3) is 0 Å². The highest BCUT2D eigenvalue weighted by molar-refractivity contribution is 7.49. The van der Waals surface area contributed by atoms with Crippen LogP contribution in [0.15, 0.2) is 0 Å². The zero-order valence-electron chi connectivity index (χ0n) is 24.2. The van der Waals surface area contributed by atoms with Crippen molar-refractivity contribution in [2.45, 2.75) is 194 Å². The molecule has 0 saturated carbocycles. The molecule has 1 radical (unpaired) electrons. The molecule has 0 rings (SSSR count). The first kappa shape index (κ1) is 34.6. The van der Waals surface area contributed by atoms with Gasteiger partial charge in [0.2, 0.25) is 0 Å². The average Bonchev–Trinajstić information content (AvgIpc) is 2.87. The largest absolute Gasteiger partial charge is 0.0995 e. The third-order valence-corrected chi connectivity index (χ3v) is 7.62. The predicted octanol–water partition coefficient (Wildman–Crippen LogP) is 12.8. The Morgan fingerprint density at radius 3 is 0.800 bits per heavy atom. The molecule has 0 aromatic heterocycles. The maximum absolute atomic E-state index is 3.31. The van der Waals surface area contributed by atoms with Gasteiger partial charge in [-0.25, -0.2) is 0 Å². The van der Waals surface area contributed by atoms with E-state index in [2.05, 4.69) is 37.0 Å². The molecule has 0 bridgehead atoms. The van der Waals surface area contributed by atoms with Crippen LogP contribution in [0.4, 0.5) is 0 Å². The second kappa shape index (κ2) is 33.5. The molecular formula is C34H62P. The summed E-state index contributed by atoms with van der Waals surface area (Å²) in [7, 11) is 1.02. The van der Waals surface area contributed by atoms with Gasteiger partial charge in [0.25, 0.3) is 0 Å². The Labute approximate surface area is 225 Å². The van der Waals surface area contributed by atoms with Crippen molar-refractivity contribution in [3.05, 3.63) is 0 Å². The van der Waals surface area contributed by atoms with E-state index < -0.39 is 0 Å². The molecule has 0 unspecified atom stereocenters. The minimum Gasteiger partial charge on any atom is -0.0972 e. The molecule has 35 heavy (non-hydrogen) atoms. The molecule has 0 nitrogen and oxygen atoms in total. The van der Waals surface area contributed by atoms with Crippen LogP contribution in [0, 0.1) is 23.2 Å². The van der Waals surface area contributed by atoms with E-state index >= 15 is 0 Å². The molecule has 0 saturated heterocycles. The fourth-order valence-corrected chi connectivity index (χ4v) is 5.12. The lowest BCUT2D eigenvalue weighted by atomic mass is 10.0. The molecule has 0 aliphatic heterocycles. The van der Waals surface area contributed by atoms with Crippen LogP contribution in [-0.4, -0.2) is 0 Å². The van der Waals surface area contributed by atoms with Crippen LogP contribution >= 0.6 is 8.58 Å². The lowest BCUT2D eigenvalue weighted by molar-refractivity contribution is 0.540. The number of hydrogen-bond acceptors (Lipinski definition) is 0. The standard InChI is InChI=1S/C34H62P/c1-3-5-7-9-11-13-15-17-19-21-23-25-27-29-31-33-35-34-32-30-28-26-24-22-20-18-16-14-12-10-8-6-4-2/h3-30H2,1-2H3. The first-order valence-corrected chi connectivity index (χ1v) is 17.0. The second-order valence-corrected chi connectivity index (χ2v) is 11.3. The molecule has 0 aromatic rings. The van der Waals surface area contributed by atoms with Crippen molar-refractivity contribution in [2.24, 2.45) is 0 Å². The Balaban J connectivity index is 3.20. The zero-order valence-corrected chi connectivity index (χ0v) is 25.1. The number of rotatable bonds is 26. The topological polar surface area (TPSA) is 0 Å². The molecule has 0 heterocycles. The summed E-state index contributed by atoms with van der Waals surface area (Å²) in [5, 5.41) is 0. The van der Waals surface area contributed by atoms with Gasteiger partial charge in [-0.3, -0.25) is 0 Å². The van der Waals surface area contributed by atoms with Crippen LogP contribution in [0.3, 0.4) is 0 Å². The van der Waals surface area contributed by atoms with Crippen LogP contribution < -0.4 is 0 Å². The van der Waals surface area contributed by atoms with E-state index in [1.165, 1.54) is 167 Å². The van der Waals surface area contributed by atoms with Gasteiger partial charge in [-0.2, -0.15) is 0 Å². The lowest BCUT2D eigenvalue weighted by Gasteiger charge is -2.02. The molecule has 203 valence electrons. The molecular weight excluding hydrogens is 439 g/mol. The minimum absolute atomic E-state index is 1.02. The molecule has 0 amide bonds. The van der Waals surface area contributed by atoms with E-state index in [0.29, 0.717) is 0 Å². The molecule has 0 aliphatic rings. The third-order valence-electron chi connectivity index (χ3n) is 7.08. The smallest absolute Gasteiger partial charge is 0.0972 e. The van der Waals surface area contributed by atoms with E-state index in [1.807, 2.05) is 0 Å². The van der Waals surface area contributed by atoms with E-state index in [4.69, 9.17) is 0 Å². The third kappa shape index (κ3) is 33.5. The van der Waals surface area contributed by atoms with Crippen molar-refractivity contribution in [1.29, 1.82) is 0 Å². The maximum Gasteiger partial charge on any atom is 0.0995 e. The Kier molecular flexibility index (Phi) is 33.1. The Morgan fingerprint density at radius 2 is 0.543 bits per heavy atom. The Morgan fingerprint density at radius 1 is 0.314 bits per heavy atom. The van der Waals surface area contributed by atoms with Gasteiger partial charge in [0.1, 0.15) is 0 Å². The van der Waals surface area contributed by atoms with Gasteiger partial charge < -0.3 is 0 Å². The minimum atomic E-state index is 1.02. The van der Waals surface area contributed by atoms with Crippen molar-refractivity contribution in [1.82, 2.24) is 0 Å². The van der Waals surface area contributed by atoms with Crippen molar-refractivity contribution in [3.8, 4) is 23.2 Å². The summed E-state index contributed by atoms with van der Waals surface area (Å²) >= 11 is 0. The average molecular weight is 502 g/mol. The normalized spacial score (nSPS) is 10.6. The van der Waals surface area contributed by atoms with Gasteiger partial charge in [-0.1, -0.05) is 191 Å². The lowest BCUT2D eigenvalue weighted by Crippen LogP contribution is -1.82. The summed E-state index contributed by atoms with van der Waals surface area (Å²) in [5.41, 5.74) is 6.45. The van der Waals surface area contributed by atoms with Crippen molar-refractivity contribution in [3.63, 3.8) is 0 Å². The van der Waals surface area contributed by atoms with Crippen LogP contribution in [-0.2, 0) is 0 Å². The highest BCUT2D eigenvalue weighted by Gasteiger charge is 1.94. The first-order chi connectivity index (χ1) is 17.4. The Hall–Kier alpha value is -0.450. The molecule has 1 heteroatoms. The van der Waals surface area contributed by atoms with Gasteiger partial charge >= 0.3 is 0 Å². The van der Waals surface area contributed by atoms with Crippen molar-refractivity contribution >= 4 is 8.58 Å². The van der Waals surface area contributed by atoms with Crippen LogP contribution in [0.5, 0.6) is 0 Å². The van der Waals surface area contributed by atoms with Gasteiger partial charge in [-0.15, -0.1) is 0 Å². The molecule has 0 N–H and O–H groups in total. The SMILES string of the molecule is CCCCCCCCCCCCCCCC#C[P]C#CCCCCCCCCCCCCCCC. The summed E-state index contributed by atoms with van der Waals surface area (Å²) in [6.07, 6.45) is 38.9. The van der Waals surface area contributed by atoms with E-state index in [-0.39, 0.29) is 0 Å². The van der Waals surface area contributed by atoms with Gasteiger partial charge in [-0.05, 0) is 12.8 Å². The van der Waals surface area contributed by atoms with Crippen molar-refractivity contribution < 1.29 is 0 Å². The monoisotopic (exact) mass is 501 g/mol. The summed E-state index contributed by atoms with van der Waals surface area (Å²) in [4.78, 5) is 0. The number of unbranched alkanes of at least 4 members (excludes halogenated alkanes) is 26. The Bertz CT molecular complexity index is 454. The molecule has 0 aliphatic carbocycles. The quantitative estimate of drug-likeness (QED) is 0.0628. The van der Waals surface area contributed by atoms with E-state index in [1.54, 1.807) is 0 Å². The van der Waals surface area contributed by atoms with Gasteiger partial charge in [0.15, 0.2) is 0 Å². The fraction of sp³-hybridized carbons (Fsp3) is 0.882. The number of hydrogen-bond donors (Lipinski definition) is 0. The van der Waals surface area contributed by atoms with Gasteiger partial charge in [0.05, 0.1) is 8.58 Å². The zero-order chi connectivity index (χ0) is 25.3. The first-order valence-electron chi connectivity index (χ1n) is 16.1. The van der Waals surface area contributed by atoms with Crippen LogP contribution in [0.2, 0.25) is 0 Å². The fourth-order valence-electron chi connectivity index (χ4n) is 4.68. The second-order valence-electron chi connectivity index (χ2n) is 10.7. The van der Waals surface area contributed by atoms with E-state index in [9.17, 15) is 0 Å². The summed E-state index contributed by atoms with van der Waals surface area (Å²) in [6.45, 7) is 4.59. The molecule has 0 aromatic carbocycles.